The van der Waals surface area contributed by atoms with Crippen molar-refractivity contribution in [3.8, 4) is 5.75 Å². The molecule has 0 unspecified atom stereocenters. The molecule has 0 aliphatic carbocycles. The van der Waals surface area contributed by atoms with Crippen LogP contribution in [0.15, 0.2) is 24.3 Å². The van der Waals surface area contributed by atoms with Crippen molar-refractivity contribution in [1.82, 2.24) is 0 Å². The summed E-state index contributed by atoms with van der Waals surface area (Å²) in [6.07, 6.45) is 0. The SMILES string of the molecule is COc1[c-]cccc1.[Cl-].[Mg+2]. The van der Waals surface area contributed by atoms with E-state index in [4.69, 9.17) is 4.74 Å². The molecule has 0 fully saturated rings. The zero-order valence-electron chi connectivity index (χ0n) is 5.80. The molecule has 0 aromatic heterocycles. The molecule has 0 N–H and O–H groups in total. The molecule has 0 spiro atoms. The number of hydrogen-bond donors (Lipinski definition) is 0. The Morgan fingerprint density at radius 3 is 2.40 bits per heavy atom. The molecule has 0 saturated carbocycles. The number of para-hydroxylation sites is 1. The summed E-state index contributed by atoms with van der Waals surface area (Å²) in [7, 11) is 1.63. The van der Waals surface area contributed by atoms with E-state index in [1.807, 2.05) is 24.3 Å². The quantitative estimate of drug-likeness (QED) is 0.351. The molecule has 0 saturated heterocycles. The Kier molecular flexibility index (Phi) is 9.15. The van der Waals surface area contributed by atoms with Crippen molar-refractivity contribution >= 4 is 23.1 Å². The normalized spacial score (nSPS) is 6.90. The molecule has 0 heterocycles. The average Bonchev–Trinajstić information content (AvgIpc) is 1.90. The smallest absolute Gasteiger partial charge is 1.00 e. The first-order chi connectivity index (χ1) is 3.93. The molecule has 10 heavy (non-hydrogen) atoms. The van der Waals surface area contributed by atoms with E-state index >= 15 is 0 Å². The first-order valence-electron chi connectivity index (χ1n) is 2.44. The van der Waals surface area contributed by atoms with Gasteiger partial charge >= 0.3 is 23.1 Å². The largest absolute Gasteiger partial charge is 2.00 e. The maximum Gasteiger partial charge on any atom is 2.00 e. The van der Waals surface area contributed by atoms with Crippen molar-refractivity contribution in [2.45, 2.75) is 0 Å². The molecule has 0 bridgehead atoms. The molecule has 1 aromatic carbocycles. The topological polar surface area (TPSA) is 9.23 Å². The molecular weight excluding hydrogens is 160 g/mol. The number of rotatable bonds is 1. The van der Waals surface area contributed by atoms with Gasteiger partial charge in [0.1, 0.15) is 0 Å². The van der Waals surface area contributed by atoms with Crippen LogP contribution in [-0.4, -0.2) is 30.2 Å². The molecule has 0 atom stereocenters. The van der Waals surface area contributed by atoms with Gasteiger partial charge in [-0.3, -0.25) is 0 Å². The standard InChI is InChI=1S/C7H7O.ClH.Mg/c1-8-7-5-3-2-4-6-7;;/h2-5H,1H3;1H;/q-1;;+2/p-1. The summed E-state index contributed by atoms with van der Waals surface area (Å²) in [5.74, 6) is 0.785. The Morgan fingerprint density at radius 2 is 2.10 bits per heavy atom. The summed E-state index contributed by atoms with van der Waals surface area (Å²) < 4.78 is 4.86. The van der Waals surface area contributed by atoms with Gasteiger partial charge in [-0.15, -0.1) is 12.1 Å². The van der Waals surface area contributed by atoms with Gasteiger partial charge in [-0.05, 0) is 0 Å². The monoisotopic (exact) mass is 166 g/mol. The first kappa shape index (κ1) is 12.7. The van der Waals surface area contributed by atoms with Gasteiger partial charge in [0, 0.05) is 5.75 Å². The molecule has 1 aromatic rings. The Bertz CT molecular complexity index is 155. The fraction of sp³-hybridized carbons (Fsp3) is 0.143. The Labute approximate surface area is 83.3 Å². The minimum Gasteiger partial charge on any atom is -1.00 e. The van der Waals surface area contributed by atoms with E-state index < -0.39 is 0 Å². The third kappa shape index (κ3) is 3.98. The van der Waals surface area contributed by atoms with Crippen LogP contribution in [0.25, 0.3) is 0 Å². The first-order valence-corrected chi connectivity index (χ1v) is 2.44. The summed E-state index contributed by atoms with van der Waals surface area (Å²) >= 11 is 0. The molecular formula is C7H7ClMgO. The third-order valence-corrected chi connectivity index (χ3v) is 0.900. The predicted molar refractivity (Wildman–Crippen MR) is 37.6 cm³/mol. The molecule has 1 rings (SSSR count). The van der Waals surface area contributed by atoms with Crippen LogP contribution in [-0.2, 0) is 0 Å². The maximum atomic E-state index is 4.86. The van der Waals surface area contributed by atoms with E-state index in [-0.39, 0.29) is 35.5 Å². The minimum atomic E-state index is 0. The summed E-state index contributed by atoms with van der Waals surface area (Å²) in [4.78, 5) is 0. The zero-order valence-corrected chi connectivity index (χ0v) is 7.97. The summed E-state index contributed by atoms with van der Waals surface area (Å²) in [5.41, 5.74) is 0. The number of benzene rings is 1. The number of methoxy groups -OCH3 is 1. The van der Waals surface area contributed by atoms with Crippen LogP contribution in [0.4, 0.5) is 0 Å². The van der Waals surface area contributed by atoms with Gasteiger partial charge in [0.25, 0.3) is 0 Å². The minimum absolute atomic E-state index is 0. The van der Waals surface area contributed by atoms with Gasteiger partial charge < -0.3 is 17.1 Å². The molecule has 0 radical (unpaired) electrons. The van der Waals surface area contributed by atoms with E-state index in [1.165, 1.54) is 0 Å². The van der Waals surface area contributed by atoms with Crippen LogP contribution in [0.1, 0.15) is 0 Å². The van der Waals surface area contributed by atoms with Crippen molar-refractivity contribution in [1.29, 1.82) is 0 Å². The van der Waals surface area contributed by atoms with Gasteiger partial charge in [-0.1, -0.05) is 0 Å². The van der Waals surface area contributed by atoms with E-state index in [9.17, 15) is 0 Å². The molecule has 50 valence electrons. The second-order valence-corrected chi connectivity index (χ2v) is 1.43. The number of halogens is 1. The summed E-state index contributed by atoms with van der Waals surface area (Å²) in [5, 5.41) is 0. The van der Waals surface area contributed by atoms with Gasteiger partial charge in [0.05, 0.1) is 7.11 Å². The second kappa shape index (κ2) is 7.19. The van der Waals surface area contributed by atoms with Crippen LogP contribution in [0.5, 0.6) is 5.75 Å². The molecule has 0 amide bonds. The zero-order chi connectivity index (χ0) is 5.82. The second-order valence-electron chi connectivity index (χ2n) is 1.43. The van der Waals surface area contributed by atoms with Gasteiger partial charge in [0.2, 0.25) is 0 Å². The van der Waals surface area contributed by atoms with Crippen LogP contribution >= 0.6 is 0 Å². The van der Waals surface area contributed by atoms with E-state index in [1.54, 1.807) is 7.11 Å². The van der Waals surface area contributed by atoms with Crippen molar-refractivity contribution < 1.29 is 17.1 Å². The van der Waals surface area contributed by atoms with Crippen molar-refractivity contribution in [2.75, 3.05) is 7.11 Å². The van der Waals surface area contributed by atoms with Crippen molar-refractivity contribution in [2.24, 2.45) is 0 Å². The summed E-state index contributed by atoms with van der Waals surface area (Å²) in [6.45, 7) is 0. The Morgan fingerprint density at radius 1 is 1.40 bits per heavy atom. The fourth-order valence-electron chi connectivity index (χ4n) is 0.504. The third-order valence-electron chi connectivity index (χ3n) is 0.900. The Balaban J connectivity index is 0. The van der Waals surface area contributed by atoms with Crippen molar-refractivity contribution in [3.05, 3.63) is 30.3 Å². The van der Waals surface area contributed by atoms with Crippen LogP contribution < -0.4 is 17.1 Å². The van der Waals surface area contributed by atoms with Crippen LogP contribution in [0.3, 0.4) is 0 Å². The average molecular weight is 167 g/mol. The fourth-order valence-corrected chi connectivity index (χ4v) is 0.504. The Hall–Kier alpha value is 0.0762. The molecule has 0 aliphatic rings. The van der Waals surface area contributed by atoms with Gasteiger partial charge in [-0.25, -0.2) is 0 Å². The predicted octanol–water partition coefficient (Wildman–Crippen LogP) is -1.88. The molecule has 0 aliphatic heterocycles. The molecule has 3 heteroatoms. The van der Waals surface area contributed by atoms with Gasteiger partial charge in [0.15, 0.2) is 0 Å². The van der Waals surface area contributed by atoms with Crippen LogP contribution in [0, 0.1) is 6.07 Å². The van der Waals surface area contributed by atoms with E-state index in [2.05, 4.69) is 6.07 Å². The van der Waals surface area contributed by atoms with Crippen molar-refractivity contribution in [3.63, 3.8) is 0 Å². The van der Waals surface area contributed by atoms with E-state index in [0.717, 1.165) is 5.75 Å². The maximum absolute atomic E-state index is 4.86. The molecule has 1 nitrogen and oxygen atoms in total. The van der Waals surface area contributed by atoms with E-state index in [0.29, 0.717) is 0 Å². The summed E-state index contributed by atoms with van der Waals surface area (Å²) in [6, 6.07) is 10.4. The van der Waals surface area contributed by atoms with Crippen LogP contribution in [0.2, 0.25) is 0 Å². The number of hydrogen-bond acceptors (Lipinski definition) is 1. The van der Waals surface area contributed by atoms with Gasteiger partial charge in [-0.2, -0.15) is 18.2 Å². The number of ether oxygens (including phenoxy) is 1.